The van der Waals surface area contributed by atoms with E-state index >= 15 is 0 Å². The van der Waals surface area contributed by atoms with Crippen LogP contribution in [0.3, 0.4) is 0 Å². The summed E-state index contributed by atoms with van der Waals surface area (Å²) < 4.78 is 0. The number of nitrogens with one attached hydrogen (secondary N) is 1. The third kappa shape index (κ3) is 4.84. The number of anilines is 1. The minimum atomic E-state index is -2.68. The minimum absolute atomic E-state index is 0.0339. The van der Waals surface area contributed by atoms with Crippen LogP contribution in [0, 0.1) is 11.8 Å². The first-order valence-corrected chi connectivity index (χ1v) is 14.8. The number of primary amides is 1. The van der Waals surface area contributed by atoms with Crippen molar-refractivity contribution in [3.05, 3.63) is 74.5 Å². The lowest BCUT2D eigenvalue weighted by Crippen LogP contribution is -2.65. The SMILES string of the molecule is CCN(C)c1cc(CNCc2ccc(Cl)cc2)c(O)c2c1C[C@H]1C[C@H]3[C@H](N(C)C)C(=O)C(C(N)=O)=C(O)[C@@]3(O)C(=O)C1=C2O. The van der Waals surface area contributed by atoms with Gasteiger partial charge >= 0.3 is 0 Å². The molecule has 7 N–H and O–H groups in total. The lowest BCUT2D eigenvalue weighted by atomic mass is 9.57. The molecule has 0 saturated heterocycles. The molecule has 5 rings (SSSR count). The van der Waals surface area contributed by atoms with Crippen molar-refractivity contribution in [2.24, 2.45) is 17.6 Å². The van der Waals surface area contributed by atoms with Crippen LogP contribution in [0.2, 0.25) is 5.02 Å². The maximum absolute atomic E-state index is 14.2. The number of rotatable bonds is 8. The highest BCUT2D eigenvalue weighted by molar-refractivity contribution is 6.30. The van der Waals surface area contributed by atoms with E-state index in [4.69, 9.17) is 17.3 Å². The smallest absolute Gasteiger partial charge is 0.255 e. The predicted molar refractivity (Wildman–Crippen MR) is 165 cm³/mol. The monoisotopic (exact) mass is 624 g/mol. The molecule has 11 nitrogen and oxygen atoms in total. The zero-order chi connectivity index (χ0) is 32.2. The van der Waals surface area contributed by atoms with E-state index < -0.39 is 58.0 Å². The van der Waals surface area contributed by atoms with Crippen molar-refractivity contribution in [3.63, 3.8) is 0 Å². The standard InChI is InChI=1S/C32H37ClN4O7/c1-5-37(4)21-12-17(14-35-13-15-6-8-18(33)9-7-15)26(38)23-19(21)10-16-11-20-25(36(2)3)28(40)24(31(34)43)30(42)32(20,44)29(41)22(16)27(23)39/h6-9,12,16,20,25,35,38-39,42,44H,5,10-11,13-14H2,1-4H3,(H2,34,43)/t16-,20-,25-,32-/m0/s1. The van der Waals surface area contributed by atoms with Gasteiger partial charge in [-0.3, -0.25) is 19.3 Å². The molecule has 0 unspecified atom stereocenters. The summed E-state index contributed by atoms with van der Waals surface area (Å²) in [4.78, 5) is 43.1. The molecule has 0 radical (unpaired) electrons. The average Bonchev–Trinajstić information content (AvgIpc) is 2.96. The summed E-state index contributed by atoms with van der Waals surface area (Å²) >= 11 is 5.99. The van der Waals surface area contributed by atoms with Gasteiger partial charge in [0.1, 0.15) is 22.8 Å². The van der Waals surface area contributed by atoms with Gasteiger partial charge in [-0.15, -0.1) is 0 Å². The van der Waals surface area contributed by atoms with E-state index in [0.29, 0.717) is 29.2 Å². The number of phenolic OH excluding ortho intramolecular Hbond substituents is 1. The van der Waals surface area contributed by atoms with Gasteiger partial charge in [0.15, 0.2) is 11.4 Å². The summed E-state index contributed by atoms with van der Waals surface area (Å²) in [5.74, 6) is -6.69. The van der Waals surface area contributed by atoms with E-state index in [-0.39, 0.29) is 36.3 Å². The van der Waals surface area contributed by atoms with Gasteiger partial charge in [0, 0.05) is 54.4 Å². The quantitative estimate of drug-likeness (QED) is 0.239. The summed E-state index contributed by atoms with van der Waals surface area (Å²) in [6.07, 6.45) is 0.256. The van der Waals surface area contributed by atoms with Gasteiger partial charge in [-0.25, -0.2) is 0 Å². The zero-order valence-corrected chi connectivity index (χ0v) is 25.8. The second kappa shape index (κ2) is 11.6. The first kappa shape index (κ1) is 31.5. The Labute approximate surface area is 260 Å². The van der Waals surface area contributed by atoms with Crippen LogP contribution in [0.5, 0.6) is 5.75 Å². The molecule has 0 spiro atoms. The molecule has 0 aliphatic heterocycles. The van der Waals surface area contributed by atoms with Crippen LogP contribution in [0.15, 0.2) is 47.2 Å². The number of aromatic hydroxyl groups is 1. The number of carbonyl (C=O) groups excluding carboxylic acids is 3. The molecule has 12 heteroatoms. The molecule has 1 amide bonds. The number of amides is 1. The number of phenols is 1. The number of hydrogen-bond donors (Lipinski definition) is 6. The molecule has 0 bridgehead atoms. The number of halogens is 1. The summed E-state index contributed by atoms with van der Waals surface area (Å²) in [6, 6.07) is 8.06. The van der Waals surface area contributed by atoms with Gasteiger partial charge < -0.3 is 36.4 Å². The normalized spacial score (nSPS) is 24.8. The van der Waals surface area contributed by atoms with Crippen molar-refractivity contribution in [3.8, 4) is 5.75 Å². The van der Waals surface area contributed by atoms with E-state index in [2.05, 4.69) is 5.32 Å². The topological polar surface area (TPSA) is 177 Å². The van der Waals surface area contributed by atoms with Crippen LogP contribution >= 0.6 is 11.6 Å². The maximum atomic E-state index is 14.2. The Hall–Kier alpha value is -3.90. The Balaban J connectivity index is 1.62. The highest BCUT2D eigenvalue weighted by Crippen LogP contribution is 2.54. The third-order valence-corrected chi connectivity index (χ3v) is 9.47. The maximum Gasteiger partial charge on any atom is 0.255 e. The third-order valence-electron chi connectivity index (χ3n) is 9.22. The number of nitrogens with two attached hydrogens (primary N) is 1. The number of aliphatic hydroxyl groups is 3. The number of aliphatic hydroxyl groups excluding tert-OH is 2. The van der Waals surface area contributed by atoms with Crippen molar-refractivity contribution >= 4 is 40.5 Å². The Morgan fingerprint density at radius 3 is 2.36 bits per heavy atom. The minimum Gasteiger partial charge on any atom is -0.508 e. The molecule has 2 aromatic rings. The first-order chi connectivity index (χ1) is 20.7. The molecule has 44 heavy (non-hydrogen) atoms. The second-order valence-corrected chi connectivity index (χ2v) is 12.4. The molecular weight excluding hydrogens is 588 g/mol. The highest BCUT2D eigenvalue weighted by Gasteiger charge is 2.64. The number of likely N-dealkylation sites (N-methyl/N-ethyl adjacent to an activating group) is 1. The van der Waals surface area contributed by atoms with Gasteiger partial charge in [-0.1, -0.05) is 23.7 Å². The van der Waals surface area contributed by atoms with Gasteiger partial charge in [0.2, 0.25) is 5.78 Å². The molecule has 234 valence electrons. The number of ketones is 2. The van der Waals surface area contributed by atoms with E-state index in [1.165, 1.54) is 4.90 Å². The Kier molecular flexibility index (Phi) is 8.27. The molecule has 1 fully saturated rings. The Bertz CT molecular complexity index is 1620. The summed E-state index contributed by atoms with van der Waals surface area (Å²) in [6.45, 7) is 3.29. The van der Waals surface area contributed by atoms with E-state index in [9.17, 15) is 34.8 Å². The number of nitrogens with zero attached hydrogens (tertiary/aromatic N) is 2. The fraction of sp³-hybridized carbons (Fsp3) is 0.406. The summed E-state index contributed by atoms with van der Waals surface area (Å²) in [5.41, 5.74) is 4.62. The number of Topliss-reactive ketones (excluding diaryl/α,β-unsaturated/α-hetero) is 2. The molecule has 0 aromatic heterocycles. The largest absolute Gasteiger partial charge is 0.508 e. The van der Waals surface area contributed by atoms with Gasteiger partial charge in [-0.05, 0) is 69.1 Å². The Morgan fingerprint density at radius 2 is 1.77 bits per heavy atom. The van der Waals surface area contributed by atoms with Crippen molar-refractivity contribution < 1.29 is 34.8 Å². The van der Waals surface area contributed by atoms with Crippen LogP contribution in [0.4, 0.5) is 5.69 Å². The van der Waals surface area contributed by atoms with Crippen LogP contribution in [0.25, 0.3) is 5.76 Å². The lowest BCUT2D eigenvalue weighted by molar-refractivity contribution is -0.153. The van der Waals surface area contributed by atoms with Crippen LogP contribution in [0.1, 0.15) is 35.6 Å². The van der Waals surface area contributed by atoms with Crippen molar-refractivity contribution in [1.29, 1.82) is 0 Å². The highest BCUT2D eigenvalue weighted by atomic mass is 35.5. The van der Waals surface area contributed by atoms with Gasteiger partial charge in [0.05, 0.1) is 11.6 Å². The molecule has 1 saturated carbocycles. The molecule has 0 heterocycles. The summed E-state index contributed by atoms with van der Waals surface area (Å²) in [5, 5.41) is 50.0. The first-order valence-electron chi connectivity index (χ1n) is 14.4. The van der Waals surface area contributed by atoms with Gasteiger partial charge in [0.25, 0.3) is 5.91 Å². The molecule has 3 aliphatic carbocycles. The van der Waals surface area contributed by atoms with Crippen LogP contribution in [-0.4, -0.2) is 82.1 Å². The fourth-order valence-electron chi connectivity index (χ4n) is 6.94. The van der Waals surface area contributed by atoms with Crippen molar-refractivity contribution in [1.82, 2.24) is 10.2 Å². The van der Waals surface area contributed by atoms with Crippen LogP contribution in [-0.2, 0) is 33.9 Å². The fourth-order valence-corrected chi connectivity index (χ4v) is 7.06. The Morgan fingerprint density at radius 1 is 1.11 bits per heavy atom. The zero-order valence-electron chi connectivity index (χ0n) is 25.0. The number of fused-ring (bicyclic) bond motifs is 3. The van der Waals surface area contributed by atoms with Crippen molar-refractivity contribution in [2.75, 3.05) is 32.6 Å². The second-order valence-electron chi connectivity index (χ2n) is 12.0. The molecule has 2 aromatic carbocycles. The van der Waals surface area contributed by atoms with Gasteiger partial charge in [-0.2, -0.15) is 0 Å². The van der Waals surface area contributed by atoms with Crippen molar-refractivity contribution in [2.45, 2.75) is 44.5 Å². The predicted octanol–water partition coefficient (Wildman–Crippen LogP) is 2.36. The molecular formula is C32H37ClN4O7. The number of benzene rings is 2. The lowest BCUT2D eigenvalue weighted by Gasteiger charge is -2.50. The average molecular weight is 625 g/mol. The summed E-state index contributed by atoms with van der Waals surface area (Å²) in [7, 11) is 5.03. The van der Waals surface area contributed by atoms with E-state index in [0.717, 1.165) is 11.3 Å². The number of hydrogen-bond acceptors (Lipinski definition) is 10. The van der Waals surface area contributed by atoms with E-state index in [1.807, 2.05) is 37.1 Å². The molecule has 3 aliphatic rings. The van der Waals surface area contributed by atoms with E-state index in [1.54, 1.807) is 26.2 Å². The number of carbonyl (C=O) groups is 3. The van der Waals surface area contributed by atoms with Crippen LogP contribution < -0.4 is 16.0 Å². The molecule has 4 atom stereocenters.